The molecule has 0 spiro atoms. The minimum atomic E-state index is 0.252. The lowest BCUT2D eigenvalue weighted by Gasteiger charge is -2.27. The van der Waals surface area contributed by atoms with E-state index in [1.54, 1.807) is 0 Å². The highest BCUT2D eigenvalue weighted by atomic mass is 16.5. The molecule has 1 heterocycles. The Morgan fingerprint density at radius 3 is 3.00 bits per heavy atom. The maximum Gasteiger partial charge on any atom is 0.0828 e. The predicted octanol–water partition coefficient (Wildman–Crippen LogP) is 2.76. The Morgan fingerprint density at radius 2 is 2.29 bits per heavy atom. The number of rotatable bonds is 1. The molecule has 2 nitrogen and oxygen atoms in total. The first-order chi connectivity index (χ1) is 6.75. The standard InChI is InChI=1S/C12H17NO/c1-9-5-6-14-12(7-9)10-3-2-4-11(13)8-10/h2-4,8-9,12H,5-7,13H2,1H3. The van der Waals surface area contributed by atoms with Crippen LogP contribution in [0.4, 0.5) is 5.69 Å². The van der Waals surface area contributed by atoms with Gasteiger partial charge >= 0.3 is 0 Å². The number of hydrogen-bond acceptors (Lipinski definition) is 2. The SMILES string of the molecule is CC1CCOC(c2cccc(N)c2)C1. The molecule has 0 aliphatic carbocycles. The second-order valence-corrected chi connectivity index (χ2v) is 4.16. The molecule has 0 aromatic heterocycles. The molecule has 14 heavy (non-hydrogen) atoms. The zero-order valence-corrected chi connectivity index (χ0v) is 8.57. The first-order valence-corrected chi connectivity index (χ1v) is 5.23. The van der Waals surface area contributed by atoms with Crippen LogP contribution in [0.5, 0.6) is 0 Å². The van der Waals surface area contributed by atoms with Crippen LogP contribution >= 0.6 is 0 Å². The third-order valence-corrected chi connectivity index (χ3v) is 2.83. The van der Waals surface area contributed by atoms with Crippen molar-refractivity contribution in [2.24, 2.45) is 5.92 Å². The Balaban J connectivity index is 2.14. The summed E-state index contributed by atoms with van der Waals surface area (Å²) in [4.78, 5) is 0. The van der Waals surface area contributed by atoms with Crippen molar-refractivity contribution in [1.82, 2.24) is 0 Å². The second kappa shape index (κ2) is 4.01. The lowest BCUT2D eigenvalue weighted by molar-refractivity contribution is -0.00629. The zero-order valence-electron chi connectivity index (χ0n) is 8.57. The maximum absolute atomic E-state index is 5.74. The molecular weight excluding hydrogens is 174 g/mol. The molecule has 0 amide bonds. The summed E-state index contributed by atoms with van der Waals surface area (Å²) in [6, 6.07) is 8.02. The maximum atomic E-state index is 5.74. The van der Waals surface area contributed by atoms with Gasteiger partial charge in [0.2, 0.25) is 0 Å². The molecule has 0 saturated carbocycles. The van der Waals surface area contributed by atoms with E-state index < -0.39 is 0 Å². The minimum absolute atomic E-state index is 0.252. The highest BCUT2D eigenvalue weighted by Crippen LogP contribution is 2.31. The van der Waals surface area contributed by atoms with Crippen molar-refractivity contribution in [3.8, 4) is 0 Å². The van der Waals surface area contributed by atoms with Crippen LogP contribution in [0, 0.1) is 5.92 Å². The van der Waals surface area contributed by atoms with Crippen molar-refractivity contribution >= 4 is 5.69 Å². The minimum Gasteiger partial charge on any atom is -0.399 e. The van der Waals surface area contributed by atoms with E-state index in [0.29, 0.717) is 0 Å². The summed E-state index contributed by atoms with van der Waals surface area (Å²) in [5.41, 5.74) is 7.79. The molecule has 2 heteroatoms. The summed E-state index contributed by atoms with van der Waals surface area (Å²) >= 11 is 0. The average molecular weight is 191 g/mol. The highest BCUT2D eigenvalue weighted by molar-refractivity contribution is 5.41. The van der Waals surface area contributed by atoms with Gasteiger partial charge in [0.25, 0.3) is 0 Å². The topological polar surface area (TPSA) is 35.2 Å². The molecule has 2 unspecified atom stereocenters. The highest BCUT2D eigenvalue weighted by Gasteiger charge is 2.20. The van der Waals surface area contributed by atoms with Gasteiger partial charge in [-0.25, -0.2) is 0 Å². The molecule has 1 aliphatic heterocycles. The summed E-state index contributed by atoms with van der Waals surface area (Å²) in [7, 11) is 0. The Hall–Kier alpha value is -1.02. The summed E-state index contributed by atoms with van der Waals surface area (Å²) < 4.78 is 5.73. The number of hydrogen-bond donors (Lipinski definition) is 1. The van der Waals surface area contributed by atoms with Gasteiger partial charge in [0, 0.05) is 12.3 Å². The van der Waals surface area contributed by atoms with Crippen LogP contribution in [-0.2, 0) is 4.74 Å². The molecule has 1 aliphatic rings. The molecular formula is C12H17NO. The van der Waals surface area contributed by atoms with Crippen molar-refractivity contribution in [2.45, 2.75) is 25.9 Å². The van der Waals surface area contributed by atoms with E-state index in [-0.39, 0.29) is 6.10 Å². The second-order valence-electron chi connectivity index (χ2n) is 4.16. The number of anilines is 1. The predicted molar refractivity (Wildman–Crippen MR) is 57.9 cm³/mol. The Kier molecular flexibility index (Phi) is 2.73. The van der Waals surface area contributed by atoms with Gasteiger partial charge in [-0.3, -0.25) is 0 Å². The fraction of sp³-hybridized carbons (Fsp3) is 0.500. The zero-order chi connectivity index (χ0) is 9.97. The number of nitrogens with two attached hydrogens (primary N) is 1. The van der Waals surface area contributed by atoms with Crippen LogP contribution in [0.1, 0.15) is 31.4 Å². The van der Waals surface area contributed by atoms with Crippen LogP contribution in [0.2, 0.25) is 0 Å². The smallest absolute Gasteiger partial charge is 0.0828 e. The van der Waals surface area contributed by atoms with Crippen molar-refractivity contribution < 1.29 is 4.74 Å². The van der Waals surface area contributed by atoms with Crippen LogP contribution in [-0.4, -0.2) is 6.61 Å². The van der Waals surface area contributed by atoms with Gasteiger partial charge in [0.1, 0.15) is 0 Å². The van der Waals surface area contributed by atoms with Gasteiger partial charge < -0.3 is 10.5 Å². The first-order valence-electron chi connectivity index (χ1n) is 5.23. The molecule has 76 valence electrons. The fourth-order valence-electron chi connectivity index (χ4n) is 1.95. The summed E-state index contributed by atoms with van der Waals surface area (Å²) in [5, 5.41) is 0. The largest absolute Gasteiger partial charge is 0.399 e. The Bertz CT molecular complexity index is 311. The first kappa shape index (κ1) is 9.53. The van der Waals surface area contributed by atoms with E-state index in [4.69, 9.17) is 10.5 Å². The average Bonchev–Trinajstić information content (AvgIpc) is 2.18. The van der Waals surface area contributed by atoms with Gasteiger partial charge in [-0.05, 0) is 36.5 Å². The van der Waals surface area contributed by atoms with Crippen molar-refractivity contribution in [2.75, 3.05) is 12.3 Å². The molecule has 0 bridgehead atoms. The van der Waals surface area contributed by atoms with Gasteiger partial charge in [-0.2, -0.15) is 0 Å². The molecule has 2 atom stereocenters. The van der Waals surface area contributed by atoms with Gasteiger partial charge in [-0.1, -0.05) is 19.1 Å². The monoisotopic (exact) mass is 191 g/mol. The van der Waals surface area contributed by atoms with E-state index in [1.807, 2.05) is 18.2 Å². The lowest BCUT2D eigenvalue weighted by atomic mass is 9.93. The number of benzene rings is 1. The molecule has 1 fully saturated rings. The number of nitrogen functional groups attached to an aromatic ring is 1. The van der Waals surface area contributed by atoms with E-state index in [9.17, 15) is 0 Å². The van der Waals surface area contributed by atoms with Crippen molar-refractivity contribution in [3.05, 3.63) is 29.8 Å². The fourth-order valence-corrected chi connectivity index (χ4v) is 1.95. The van der Waals surface area contributed by atoms with E-state index in [1.165, 1.54) is 12.0 Å². The van der Waals surface area contributed by atoms with Crippen LogP contribution < -0.4 is 5.73 Å². The van der Waals surface area contributed by atoms with E-state index in [2.05, 4.69) is 13.0 Å². The lowest BCUT2D eigenvalue weighted by Crippen LogP contribution is -2.17. The van der Waals surface area contributed by atoms with Crippen LogP contribution in [0.15, 0.2) is 24.3 Å². The summed E-state index contributed by atoms with van der Waals surface area (Å²) in [5.74, 6) is 0.759. The van der Waals surface area contributed by atoms with Crippen molar-refractivity contribution in [1.29, 1.82) is 0 Å². The van der Waals surface area contributed by atoms with Gasteiger partial charge in [0.05, 0.1) is 6.10 Å². The van der Waals surface area contributed by atoms with Crippen LogP contribution in [0.3, 0.4) is 0 Å². The van der Waals surface area contributed by atoms with Gasteiger partial charge in [-0.15, -0.1) is 0 Å². The summed E-state index contributed by atoms with van der Waals surface area (Å²) in [6.45, 7) is 3.16. The Labute approximate surface area is 85.1 Å². The van der Waals surface area contributed by atoms with Crippen molar-refractivity contribution in [3.63, 3.8) is 0 Å². The molecule has 1 aromatic rings. The summed E-state index contributed by atoms with van der Waals surface area (Å²) in [6.07, 6.45) is 2.55. The third kappa shape index (κ3) is 2.07. The Morgan fingerprint density at radius 1 is 1.43 bits per heavy atom. The molecule has 2 rings (SSSR count). The third-order valence-electron chi connectivity index (χ3n) is 2.83. The molecule has 2 N–H and O–H groups in total. The quantitative estimate of drug-likeness (QED) is 0.693. The van der Waals surface area contributed by atoms with E-state index >= 15 is 0 Å². The van der Waals surface area contributed by atoms with E-state index in [0.717, 1.165) is 24.6 Å². The van der Waals surface area contributed by atoms with Gasteiger partial charge in [0.15, 0.2) is 0 Å². The molecule has 1 saturated heterocycles. The number of ether oxygens (including phenoxy) is 1. The molecule has 0 radical (unpaired) electrons. The molecule has 1 aromatic carbocycles. The van der Waals surface area contributed by atoms with Crippen LogP contribution in [0.25, 0.3) is 0 Å². The normalized spacial score (nSPS) is 27.5.